The highest BCUT2D eigenvalue weighted by Crippen LogP contribution is 2.40. The number of halogens is 3. The summed E-state index contributed by atoms with van der Waals surface area (Å²) >= 11 is 8.58. The zero-order valence-corrected chi connectivity index (χ0v) is 18.0. The minimum Gasteiger partial charge on any atom is -0.340 e. The van der Waals surface area contributed by atoms with Gasteiger partial charge in [0.25, 0.3) is 0 Å². The number of benzene rings is 1. The van der Waals surface area contributed by atoms with Crippen molar-refractivity contribution in [3.63, 3.8) is 0 Å². The van der Waals surface area contributed by atoms with Gasteiger partial charge < -0.3 is 4.90 Å². The maximum atomic E-state index is 13.7. The highest BCUT2D eigenvalue weighted by Gasteiger charge is 2.49. The molecule has 2 heterocycles. The molecule has 2 saturated heterocycles. The maximum absolute atomic E-state index is 13.7. The molecule has 2 aliphatic rings. The van der Waals surface area contributed by atoms with Gasteiger partial charge >= 0.3 is 0 Å². The van der Waals surface area contributed by atoms with Gasteiger partial charge in [0, 0.05) is 31.6 Å². The van der Waals surface area contributed by atoms with Gasteiger partial charge in [-0.15, -0.1) is 11.6 Å². The van der Waals surface area contributed by atoms with E-state index in [9.17, 15) is 17.6 Å². The number of carbonyl (C=O) groups excluding carboxylic acids is 1. The Balaban J connectivity index is 0.00000117. The minimum atomic E-state index is -3.75. The molecule has 0 radical (unpaired) electrons. The van der Waals surface area contributed by atoms with Crippen molar-refractivity contribution in [1.29, 1.82) is 0 Å². The van der Waals surface area contributed by atoms with Gasteiger partial charge in [-0.2, -0.15) is 4.31 Å². The van der Waals surface area contributed by atoms with E-state index >= 15 is 0 Å². The van der Waals surface area contributed by atoms with Crippen LogP contribution in [-0.4, -0.2) is 55.6 Å². The summed E-state index contributed by atoms with van der Waals surface area (Å²) in [6, 6.07) is 3.82. The Kier molecular flexibility index (Phi) is 7.10. The van der Waals surface area contributed by atoms with E-state index in [0.29, 0.717) is 26.2 Å². The third kappa shape index (κ3) is 4.24. The number of rotatable bonds is 3. The number of nitrogens with zero attached hydrogens (tertiary/aromatic N) is 2. The van der Waals surface area contributed by atoms with Crippen LogP contribution in [0.5, 0.6) is 0 Å². The number of amides is 1. The third-order valence-corrected chi connectivity index (χ3v) is 7.39. The summed E-state index contributed by atoms with van der Waals surface area (Å²) in [6.45, 7) is 5.81. The van der Waals surface area contributed by atoms with Gasteiger partial charge in [-0.25, -0.2) is 12.8 Å². The number of sulfonamides is 1. The fourth-order valence-electron chi connectivity index (χ4n) is 3.44. The van der Waals surface area contributed by atoms with Crippen LogP contribution in [0.2, 0.25) is 0 Å². The number of hydrogen-bond donors (Lipinski definition) is 0. The molecule has 1 spiro atoms. The lowest BCUT2D eigenvalue weighted by atomic mass is 9.74. The minimum absolute atomic E-state index is 0.0479. The largest absolute Gasteiger partial charge is 0.340 e. The summed E-state index contributed by atoms with van der Waals surface area (Å²) in [5.41, 5.74) is -0.207. The molecule has 1 aromatic carbocycles. The van der Waals surface area contributed by atoms with Crippen LogP contribution < -0.4 is 0 Å². The normalized spacial score (nSPS) is 19.5. The zero-order chi connectivity index (χ0) is 19.5. The monoisotopic (exact) mass is 468 g/mol. The van der Waals surface area contributed by atoms with E-state index in [-0.39, 0.29) is 26.6 Å². The number of hydrogen-bond acceptors (Lipinski definition) is 3. The molecular formula is C17H23BrClFN2O3S. The Hall–Kier alpha value is -0.700. The summed E-state index contributed by atoms with van der Waals surface area (Å²) in [4.78, 5) is 13.2. The van der Waals surface area contributed by atoms with E-state index in [1.54, 1.807) is 4.90 Å². The Morgan fingerprint density at radius 3 is 2.54 bits per heavy atom. The predicted octanol–water partition coefficient (Wildman–Crippen LogP) is 3.47. The highest BCUT2D eigenvalue weighted by atomic mass is 79.9. The van der Waals surface area contributed by atoms with E-state index in [1.807, 2.05) is 13.8 Å². The predicted molar refractivity (Wildman–Crippen MR) is 103 cm³/mol. The van der Waals surface area contributed by atoms with Gasteiger partial charge in [0.05, 0.1) is 9.37 Å². The SMILES string of the molecule is CC.O=C(CCl)N1CC2(CCCN(S(=O)(=O)c3ccc(Br)c(F)c3)C2)C1. The molecule has 3 rings (SSSR count). The second kappa shape index (κ2) is 8.54. The van der Waals surface area contributed by atoms with Crippen molar-refractivity contribution in [2.24, 2.45) is 5.41 Å². The summed E-state index contributed by atoms with van der Waals surface area (Å²) in [5.74, 6) is -0.793. The molecule has 9 heteroatoms. The summed E-state index contributed by atoms with van der Waals surface area (Å²) in [5, 5.41) is 0. The Morgan fingerprint density at radius 2 is 1.96 bits per heavy atom. The number of alkyl halides is 1. The first-order valence-electron chi connectivity index (χ1n) is 8.56. The Bertz CT molecular complexity index is 769. The first kappa shape index (κ1) is 21.6. The van der Waals surface area contributed by atoms with Gasteiger partial charge in [-0.05, 0) is 47.0 Å². The average molecular weight is 470 g/mol. The lowest BCUT2D eigenvalue weighted by Gasteiger charge is -2.54. The van der Waals surface area contributed by atoms with Crippen LogP contribution >= 0.6 is 27.5 Å². The first-order chi connectivity index (χ1) is 12.3. The van der Waals surface area contributed by atoms with E-state index in [2.05, 4.69) is 15.9 Å². The molecule has 2 aliphatic heterocycles. The van der Waals surface area contributed by atoms with Crippen LogP contribution in [0, 0.1) is 11.2 Å². The molecule has 26 heavy (non-hydrogen) atoms. The van der Waals surface area contributed by atoms with Crippen molar-refractivity contribution in [3.05, 3.63) is 28.5 Å². The van der Waals surface area contributed by atoms with E-state index < -0.39 is 15.8 Å². The van der Waals surface area contributed by atoms with Crippen molar-refractivity contribution < 1.29 is 17.6 Å². The van der Waals surface area contributed by atoms with Crippen molar-refractivity contribution in [3.8, 4) is 0 Å². The molecule has 5 nitrogen and oxygen atoms in total. The van der Waals surface area contributed by atoms with Crippen LogP contribution in [-0.2, 0) is 14.8 Å². The standard InChI is InChI=1S/C15H17BrClFN2O3S.C2H6/c16-12-3-2-11(6-13(12)18)24(22,23)20-5-1-4-15(10-20)8-19(9-15)14(21)7-17;1-2/h2-3,6H,1,4-5,7-10H2;1-2H3. The summed E-state index contributed by atoms with van der Waals surface area (Å²) in [7, 11) is -3.75. The topological polar surface area (TPSA) is 57.7 Å². The summed E-state index contributed by atoms with van der Waals surface area (Å²) < 4.78 is 40.9. The van der Waals surface area contributed by atoms with E-state index in [0.717, 1.165) is 18.9 Å². The molecule has 0 aromatic heterocycles. The van der Waals surface area contributed by atoms with Crippen LogP contribution in [0.4, 0.5) is 4.39 Å². The van der Waals surface area contributed by atoms with Crippen molar-refractivity contribution in [2.45, 2.75) is 31.6 Å². The van der Waals surface area contributed by atoms with E-state index in [1.165, 1.54) is 16.4 Å². The second-order valence-corrected chi connectivity index (χ2v) is 9.46. The quantitative estimate of drug-likeness (QED) is 0.637. The van der Waals surface area contributed by atoms with Gasteiger partial charge in [-0.3, -0.25) is 4.79 Å². The highest BCUT2D eigenvalue weighted by molar-refractivity contribution is 9.10. The molecule has 0 saturated carbocycles. The lowest BCUT2D eigenvalue weighted by molar-refractivity contribution is -0.143. The molecule has 0 bridgehead atoms. The third-order valence-electron chi connectivity index (χ3n) is 4.67. The van der Waals surface area contributed by atoms with Gasteiger partial charge in [0.15, 0.2) is 0 Å². The maximum Gasteiger partial charge on any atom is 0.243 e. The number of piperidine rings is 1. The first-order valence-corrected chi connectivity index (χ1v) is 11.3. The van der Waals surface area contributed by atoms with Gasteiger partial charge in [0.1, 0.15) is 11.7 Å². The molecule has 0 atom stereocenters. The lowest BCUT2D eigenvalue weighted by Crippen LogP contribution is -2.64. The van der Waals surface area contributed by atoms with Crippen molar-refractivity contribution >= 4 is 43.5 Å². The van der Waals surface area contributed by atoms with Crippen LogP contribution in [0.3, 0.4) is 0 Å². The Labute approximate surface area is 167 Å². The summed E-state index contributed by atoms with van der Waals surface area (Å²) in [6.07, 6.45) is 1.60. The smallest absolute Gasteiger partial charge is 0.243 e. The van der Waals surface area contributed by atoms with Crippen LogP contribution in [0.1, 0.15) is 26.7 Å². The fraction of sp³-hybridized carbons (Fsp3) is 0.588. The molecular weight excluding hydrogens is 447 g/mol. The molecule has 2 fully saturated rings. The Morgan fingerprint density at radius 1 is 1.31 bits per heavy atom. The van der Waals surface area contributed by atoms with E-state index in [4.69, 9.17) is 11.6 Å². The average Bonchev–Trinajstić information content (AvgIpc) is 2.63. The molecule has 0 N–H and O–H groups in total. The second-order valence-electron chi connectivity index (χ2n) is 6.40. The van der Waals surface area contributed by atoms with Crippen LogP contribution in [0.25, 0.3) is 0 Å². The molecule has 0 aliphatic carbocycles. The number of carbonyl (C=O) groups is 1. The molecule has 146 valence electrons. The van der Waals surface area contributed by atoms with Gasteiger partial charge in [-0.1, -0.05) is 13.8 Å². The van der Waals surface area contributed by atoms with Crippen LogP contribution in [0.15, 0.2) is 27.6 Å². The fourth-order valence-corrected chi connectivity index (χ4v) is 5.46. The number of likely N-dealkylation sites (tertiary alicyclic amines) is 1. The molecule has 1 amide bonds. The zero-order valence-electron chi connectivity index (χ0n) is 14.8. The van der Waals surface area contributed by atoms with Crippen molar-refractivity contribution in [2.75, 3.05) is 32.1 Å². The molecule has 1 aromatic rings. The molecule has 0 unspecified atom stereocenters. The van der Waals surface area contributed by atoms with Gasteiger partial charge in [0.2, 0.25) is 15.9 Å². The van der Waals surface area contributed by atoms with Crippen molar-refractivity contribution in [1.82, 2.24) is 9.21 Å².